The maximum absolute atomic E-state index is 6.17. The van der Waals surface area contributed by atoms with E-state index in [4.69, 9.17) is 4.42 Å². The highest BCUT2D eigenvalue weighted by Gasteiger charge is 2.21. The summed E-state index contributed by atoms with van der Waals surface area (Å²) in [7, 11) is 0. The molecule has 3 heterocycles. The Morgan fingerprint density at radius 2 is 1.83 bits per heavy atom. The van der Waals surface area contributed by atoms with E-state index in [9.17, 15) is 0 Å². The molecule has 3 nitrogen and oxygen atoms in total. The second-order valence-corrected chi connectivity index (χ2v) is 7.43. The van der Waals surface area contributed by atoms with Crippen molar-refractivity contribution in [2.45, 2.75) is 51.9 Å². The molecule has 0 unspecified atom stereocenters. The average molecular weight is 306 g/mol. The van der Waals surface area contributed by atoms with Crippen LogP contribution in [0.2, 0.25) is 0 Å². The highest BCUT2D eigenvalue weighted by atomic mass is 16.3. The maximum atomic E-state index is 6.17. The van der Waals surface area contributed by atoms with Crippen LogP contribution in [0.3, 0.4) is 0 Å². The van der Waals surface area contributed by atoms with Crippen molar-refractivity contribution in [1.82, 2.24) is 9.97 Å². The van der Waals surface area contributed by atoms with Gasteiger partial charge in [0.2, 0.25) is 0 Å². The fourth-order valence-electron chi connectivity index (χ4n) is 3.33. The molecule has 3 aromatic rings. The number of fused-ring (bicyclic) bond motifs is 3. The Bertz CT molecular complexity index is 854. The van der Waals surface area contributed by atoms with E-state index >= 15 is 0 Å². The fraction of sp³-hybridized carbons (Fsp3) is 0.400. The smallest absolute Gasteiger partial charge is 0.162 e. The molecule has 0 N–H and O–H groups in total. The lowest BCUT2D eigenvalue weighted by molar-refractivity contribution is 0.506. The number of rotatable bonds is 1. The largest absolute Gasteiger partial charge is 0.458 e. The monoisotopic (exact) mass is 306 g/mol. The zero-order chi connectivity index (χ0) is 16.0. The molecular weight excluding hydrogens is 284 g/mol. The summed E-state index contributed by atoms with van der Waals surface area (Å²) < 4.78 is 6.17. The molecule has 4 rings (SSSR count). The summed E-state index contributed by atoms with van der Waals surface area (Å²) in [5.41, 5.74) is 6.59. The Labute approximate surface area is 136 Å². The first kappa shape index (κ1) is 14.4. The SMILES string of the molecule is CC(C)(C)c1ccc(-c2ccnc3c4c(oc23)CCCC4)nc1. The van der Waals surface area contributed by atoms with Crippen molar-refractivity contribution < 1.29 is 4.42 Å². The van der Waals surface area contributed by atoms with E-state index in [-0.39, 0.29) is 5.41 Å². The van der Waals surface area contributed by atoms with Crippen LogP contribution in [-0.4, -0.2) is 9.97 Å². The quantitative estimate of drug-likeness (QED) is 0.630. The van der Waals surface area contributed by atoms with Gasteiger partial charge in [0.1, 0.15) is 11.3 Å². The van der Waals surface area contributed by atoms with Crippen LogP contribution < -0.4 is 0 Å². The molecule has 1 aliphatic carbocycles. The van der Waals surface area contributed by atoms with Crippen molar-refractivity contribution in [2.75, 3.05) is 0 Å². The highest BCUT2D eigenvalue weighted by molar-refractivity contribution is 5.91. The Morgan fingerprint density at radius 1 is 1.00 bits per heavy atom. The summed E-state index contributed by atoms with van der Waals surface area (Å²) >= 11 is 0. The second kappa shape index (κ2) is 5.19. The van der Waals surface area contributed by atoms with Gasteiger partial charge in [0.25, 0.3) is 0 Å². The van der Waals surface area contributed by atoms with Crippen molar-refractivity contribution >= 4 is 11.1 Å². The molecule has 0 aliphatic heterocycles. The molecule has 0 spiro atoms. The van der Waals surface area contributed by atoms with E-state index in [1.54, 1.807) is 0 Å². The van der Waals surface area contributed by atoms with Gasteiger partial charge in [-0.2, -0.15) is 0 Å². The predicted octanol–water partition coefficient (Wildman–Crippen LogP) is 5.07. The number of pyridine rings is 2. The molecule has 3 heteroatoms. The summed E-state index contributed by atoms with van der Waals surface area (Å²) in [5, 5.41) is 0. The fourth-order valence-corrected chi connectivity index (χ4v) is 3.33. The summed E-state index contributed by atoms with van der Waals surface area (Å²) in [6.07, 6.45) is 8.40. The van der Waals surface area contributed by atoms with Crippen molar-refractivity contribution in [1.29, 1.82) is 0 Å². The van der Waals surface area contributed by atoms with E-state index in [0.717, 1.165) is 41.0 Å². The Hall–Kier alpha value is -2.16. The lowest BCUT2D eigenvalue weighted by atomic mass is 9.88. The molecule has 1 aliphatic rings. The van der Waals surface area contributed by atoms with Gasteiger partial charge in [-0.05, 0) is 42.4 Å². The summed E-state index contributed by atoms with van der Waals surface area (Å²) in [4.78, 5) is 9.26. The maximum Gasteiger partial charge on any atom is 0.162 e. The number of hydrogen-bond acceptors (Lipinski definition) is 3. The van der Waals surface area contributed by atoms with E-state index in [0.29, 0.717) is 0 Å². The normalized spacial score (nSPS) is 14.9. The first-order chi connectivity index (χ1) is 11.0. The standard InChI is InChI=1S/C20H22N2O/c1-20(2,3)13-8-9-16(22-12-13)14-10-11-21-18-15-6-4-5-7-17(15)23-19(14)18/h8-12H,4-7H2,1-3H3. The van der Waals surface area contributed by atoms with Crippen LogP contribution in [0.25, 0.3) is 22.4 Å². The summed E-state index contributed by atoms with van der Waals surface area (Å²) in [6, 6.07) is 6.27. The molecule has 0 aromatic carbocycles. The molecule has 23 heavy (non-hydrogen) atoms. The van der Waals surface area contributed by atoms with E-state index < -0.39 is 0 Å². The van der Waals surface area contributed by atoms with Gasteiger partial charge >= 0.3 is 0 Å². The van der Waals surface area contributed by atoms with Gasteiger partial charge < -0.3 is 4.42 Å². The third kappa shape index (κ3) is 2.44. The van der Waals surface area contributed by atoms with Crippen LogP contribution in [0.4, 0.5) is 0 Å². The van der Waals surface area contributed by atoms with Gasteiger partial charge in [0.05, 0.1) is 5.69 Å². The minimum Gasteiger partial charge on any atom is -0.458 e. The topological polar surface area (TPSA) is 38.9 Å². The zero-order valence-corrected chi connectivity index (χ0v) is 14.0. The van der Waals surface area contributed by atoms with Gasteiger partial charge in [-0.3, -0.25) is 9.97 Å². The average Bonchev–Trinajstić information content (AvgIpc) is 2.93. The molecule has 0 bridgehead atoms. The molecule has 0 atom stereocenters. The summed E-state index contributed by atoms with van der Waals surface area (Å²) in [6.45, 7) is 6.61. The van der Waals surface area contributed by atoms with Crippen LogP contribution in [0.5, 0.6) is 0 Å². The molecular formula is C20H22N2O. The number of nitrogens with zero attached hydrogens (tertiary/aromatic N) is 2. The second-order valence-electron chi connectivity index (χ2n) is 7.43. The van der Waals surface area contributed by atoms with Gasteiger partial charge in [-0.15, -0.1) is 0 Å². The molecule has 118 valence electrons. The van der Waals surface area contributed by atoms with Crippen molar-refractivity contribution in [3.05, 3.63) is 47.5 Å². The van der Waals surface area contributed by atoms with Crippen LogP contribution in [0.1, 0.15) is 50.5 Å². The minimum atomic E-state index is 0.114. The molecule has 0 radical (unpaired) electrons. The van der Waals surface area contributed by atoms with Crippen molar-refractivity contribution in [2.24, 2.45) is 0 Å². The molecule has 0 saturated carbocycles. The van der Waals surface area contributed by atoms with E-state index in [1.165, 1.54) is 24.0 Å². The number of hydrogen-bond donors (Lipinski definition) is 0. The van der Waals surface area contributed by atoms with E-state index in [1.807, 2.05) is 18.5 Å². The van der Waals surface area contributed by atoms with Crippen LogP contribution in [0.15, 0.2) is 35.0 Å². The van der Waals surface area contributed by atoms with Crippen molar-refractivity contribution in [3.8, 4) is 11.3 Å². The minimum absolute atomic E-state index is 0.114. The molecule has 3 aromatic heterocycles. The third-order valence-electron chi connectivity index (χ3n) is 4.74. The van der Waals surface area contributed by atoms with Gasteiger partial charge in [0.15, 0.2) is 5.58 Å². The molecule has 0 saturated heterocycles. The van der Waals surface area contributed by atoms with Gasteiger partial charge in [-0.1, -0.05) is 26.8 Å². The number of aryl methyl sites for hydroxylation is 2. The van der Waals surface area contributed by atoms with Crippen LogP contribution >= 0.6 is 0 Å². The first-order valence-electron chi connectivity index (χ1n) is 8.40. The van der Waals surface area contributed by atoms with Crippen molar-refractivity contribution in [3.63, 3.8) is 0 Å². The first-order valence-corrected chi connectivity index (χ1v) is 8.40. The van der Waals surface area contributed by atoms with E-state index in [2.05, 4.69) is 42.9 Å². The Morgan fingerprint density at radius 3 is 2.57 bits per heavy atom. The van der Waals surface area contributed by atoms with Gasteiger partial charge in [0, 0.05) is 29.9 Å². The lowest BCUT2D eigenvalue weighted by Gasteiger charge is -2.18. The predicted molar refractivity (Wildman–Crippen MR) is 92.6 cm³/mol. The van der Waals surface area contributed by atoms with Crippen LogP contribution in [-0.2, 0) is 18.3 Å². The summed E-state index contributed by atoms with van der Waals surface area (Å²) in [5.74, 6) is 1.12. The Kier molecular flexibility index (Phi) is 3.26. The third-order valence-corrected chi connectivity index (χ3v) is 4.74. The molecule has 0 amide bonds. The number of furan rings is 1. The number of aromatic nitrogens is 2. The lowest BCUT2D eigenvalue weighted by Crippen LogP contribution is -2.11. The highest BCUT2D eigenvalue weighted by Crippen LogP contribution is 2.35. The Balaban J connectivity index is 1.84. The van der Waals surface area contributed by atoms with Gasteiger partial charge in [-0.25, -0.2) is 0 Å². The molecule has 0 fully saturated rings. The zero-order valence-electron chi connectivity index (χ0n) is 14.0. The van der Waals surface area contributed by atoms with Crippen LogP contribution in [0, 0.1) is 0 Å².